The van der Waals surface area contributed by atoms with E-state index in [2.05, 4.69) is 21.0 Å². The van der Waals surface area contributed by atoms with Gasteiger partial charge in [0.25, 0.3) is 5.91 Å². The number of carbonyl (C=O) groups excluding carboxylic acids is 2. The highest BCUT2D eigenvalue weighted by atomic mass is 19.1. The molecule has 2 amide bonds. The second-order valence-corrected chi connectivity index (χ2v) is 6.81. The van der Waals surface area contributed by atoms with E-state index in [0.717, 1.165) is 11.3 Å². The Hall–Kier alpha value is -3.68. The molecule has 4 rings (SSSR count). The fourth-order valence-corrected chi connectivity index (χ4v) is 3.23. The van der Waals surface area contributed by atoms with Gasteiger partial charge < -0.3 is 4.74 Å². The van der Waals surface area contributed by atoms with E-state index >= 15 is 0 Å². The van der Waals surface area contributed by atoms with Gasteiger partial charge in [-0.3, -0.25) is 25.5 Å². The molecular weight excluding hydrogens is 375 g/mol. The molecule has 1 fully saturated rings. The topological polar surface area (TPSA) is 96.1 Å². The number of nitrogens with zero attached hydrogens (tertiary/aromatic N) is 1. The molecule has 1 heterocycles. The SMILES string of the molecule is COc1ccc(-c2cc(C(=O)NNC(=O)C3CC3c3ccccc3F)[nH]n2)cc1. The number of aromatic amines is 1. The normalized spacial score (nSPS) is 17.4. The molecule has 1 aromatic heterocycles. The van der Waals surface area contributed by atoms with E-state index in [-0.39, 0.29) is 29.3 Å². The molecule has 7 nitrogen and oxygen atoms in total. The number of nitrogens with one attached hydrogen (secondary N) is 3. The molecule has 8 heteroatoms. The summed E-state index contributed by atoms with van der Waals surface area (Å²) in [5.41, 5.74) is 6.90. The summed E-state index contributed by atoms with van der Waals surface area (Å²) in [6.07, 6.45) is 0.550. The lowest BCUT2D eigenvalue weighted by atomic mass is 10.1. The van der Waals surface area contributed by atoms with Crippen LogP contribution in [0.2, 0.25) is 0 Å². The zero-order chi connectivity index (χ0) is 20.4. The Bertz CT molecular complexity index is 1050. The summed E-state index contributed by atoms with van der Waals surface area (Å²) < 4.78 is 18.9. The third-order valence-electron chi connectivity index (χ3n) is 4.94. The Morgan fingerprint density at radius 1 is 1.14 bits per heavy atom. The van der Waals surface area contributed by atoms with Gasteiger partial charge in [0.15, 0.2) is 0 Å². The summed E-state index contributed by atoms with van der Waals surface area (Å²) in [6, 6.07) is 15.2. The highest BCUT2D eigenvalue weighted by Gasteiger charge is 2.45. The Labute approximate surface area is 166 Å². The first-order valence-electron chi connectivity index (χ1n) is 9.11. The zero-order valence-electron chi connectivity index (χ0n) is 15.6. The Morgan fingerprint density at radius 2 is 1.90 bits per heavy atom. The molecule has 1 saturated carbocycles. The predicted molar refractivity (Wildman–Crippen MR) is 103 cm³/mol. The number of hydrogen-bond donors (Lipinski definition) is 3. The average molecular weight is 394 g/mol. The molecule has 2 unspecified atom stereocenters. The standard InChI is InChI=1S/C21H19FN4O3/c1-29-13-8-6-12(7-9-13)18-11-19(24-23-18)21(28)26-25-20(27)16-10-15(16)14-4-2-3-5-17(14)22/h2-9,11,15-16H,10H2,1H3,(H,23,24)(H,25,27)(H,26,28). The van der Waals surface area contributed by atoms with Crippen molar-refractivity contribution in [1.29, 1.82) is 0 Å². The Morgan fingerprint density at radius 3 is 2.62 bits per heavy atom. The van der Waals surface area contributed by atoms with Gasteiger partial charge >= 0.3 is 0 Å². The van der Waals surface area contributed by atoms with Gasteiger partial charge in [-0.25, -0.2) is 4.39 Å². The predicted octanol–water partition coefficient (Wildman–Crippen LogP) is 2.79. The summed E-state index contributed by atoms with van der Waals surface area (Å²) in [7, 11) is 1.58. The number of H-pyrrole nitrogens is 1. The van der Waals surface area contributed by atoms with Crippen molar-refractivity contribution in [1.82, 2.24) is 21.0 Å². The molecular formula is C21H19FN4O3. The molecule has 0 bridgehead atoms. The first-order chi connectivity index (χ1) is 14.1. The third kappa shape index (κ3) is 3.96. The van der Waals surface area contributed by atoms with Crippen LogP contribution in [0.15, 0.2) is 54.6 Å². The monoisotopic (exact) mass is 394 g/mol. The molecule has 0 saturated heterocycles. The summed E-state index contributed by atoms with van der Waals surface area (Å²) in [4.78, 5) is 24.5. The second-order valence-electron chi connectivity index (χ2n) is 6.81. The minimum absolute atomic E-state index is 0.165. The maximum atomic E-state index is 13.8. The molecule has 2 atom stereocenters. The fourth-order valence-electron chi connectivity index (χ4n) is 3.23. The van der Waals surface area contributed by atoms with Crippen molar-refractivity contribution in [2.75, 3.05) is 7.11 Å². The first kappa shape index (κ1) is 18.7. The molecule has 148 valence electrons. The van der Waals surface area contributed by atoms with Crippen molar-refractivity contribution in [2.45, 2.75) is 12.3 Å². The van der Waals surface area contributed by atoms with Crippen molar-refractivity contribution in [3.05, 3.63) is 71.7 Å². The van der Waals surface area contributed by atoms with Gasteiger partial charge in [-0.05, 0) is 54.3 Å². The summed E-state index contributed by atoms with van der Waals surface area (Å²) >= 11 is 0. The van der Waals surface area contributed by atoms with Gasteiger partial charge in [0.05, 0.1) is 12.8 Å². The van der Waals surface area contributed by atoms with E-state index in [1.54, 1.807) is 43.5 Å². The molecule has 0 spiro atoms. The van der Waals surface area contributed by atoms with Crippen molar-refractivity contribution >= 4 is 11.8 Å². The number of hydrogen-bond acceptors (Lipinski definition) is 4. The highest BCUT2D eigenvalue weighted by Crippen LogP contribution is 2.48. The summed E-state index contributed by atoms with van der Waals surface area (Å²) in [5.74, 6) is -0.986. The number of ether oxygens (including phenoxy) is 1. The van der Waals surface area contributed by atoms with E-state index in [1.165, 1.54) is 6.07 Å². The molecule has 0 aliphatic heterocycles. The lowest BCUT2D eigenvalue weighted by Crippen LogP contribution is -2.42. The molecule has 2 aromatic carbocycles. The number of benzene rings is 2. The van der Waals surface area contributed by atoms with Crippen LogP contribution < -0.4 is 15.6 Å². The van der Waals surface area contributed by atoms with Gasteiger partial charge in [0.2, 0.25) is 5.91 Å². The van der Waals surface area contributed by atoms with Gasteiger partial charge in [0.1, 0.15) is 17.3 Å². The average Bonchev–Trinajstić information content (AvgIpc) is 3.39. The van der Waals surface area contributed by atoms with Crippen LogP contribution in [-0.4, -0.2) is 29.1 Å². The van der Waals surface area contributed by atoms with Crippen molar-refractivity contribution in [3.63, 3.8) is 0 Å². The highest BCUT2D eigenvalue weighted by molar-refractivity contribution is 5.95. The van der Waals surface area contributed by atoms with E-state index in [0.29, 0.717) is 17.7 Å². The van der Waals surface area contributed by atoms with E-state index in [9.17, 15) is 14.0 Å². The fraction of sp³-hybridized carbons (Fsp3) is 0.190. The van der Waals surface area contributed by atoms with Gasteiger partial charge in [-0.15, -0.1) is 0 Å². The van der Waals surface area contributed by atoms with Crippen LogP contribution in [-0.2, 0) is 4.79 Å². The van der Waals surface area contributed by atoms with Crippen molar-refractivity contribution < 1.29 is 18.7 Å². The van der Waals surface area contributed by atoms with Crippen LogP contribution in [0.4, 0.5) is 4.39 Å². The molecule has 1 aliphatic rings. The Kier molecular flexibility index (Phi) is 4.99. The number of aromatic nitrogens is 2. The molecule has 29 heavy (non-hydrogen) atoms. The van der Waals surface area contributed by atoms with Crippen LogP contribution in [0.3, 0.4) is 0 Å². The summed E-state index contributed by atoms with van der Waals surface area (Å²) in [5, 5.41) is 6.77. The van der Waals surface area contributed by atoms with Crippen LogP contribution in [0.5, 0.6) is 5.75 Å². The lowest BCUT2D eigenvalue weighted by Gasteiger charge is -2.06. The van der Waals surface area contributed by atoms with Gasteiger partial charge in [0, 0.05) is 11.5 Å². The zero-order valence-corrected chi connectivity index (χ0v) is 15.6. The van der Waals surface area contributed by atoms with Gasteiger partial charge in [-0.1, -0.05) is 18.2 Å². The molecule has 3 N–H and O–H groups in total. The first-order valence-corrected chi connectivity index (χ1v) is 9.11. The number of carbonyl (C=O) groups is 2. The van der Waals surface area contributed by atoms with Crippen LogP contribution in [0.1, 0.15) is 28.4 Å². The van der Waals surface area contributed by atoms with Crippen molar-refractivity contribution in [3.8, 4) is 17.0 Å². The van der Waals surface area contributed by atoms with Crippen LogP contribution in [0.25, 0.3) is 11.3 Å². The van der Waals surface area contributed by atoms with Crippen LogP contribution in [0, 0.1) is 11.7 Å². The maximum absolute atomic E-state index is 13.8. The third-order valence-corrected chi connectivity index (χ3v) is 4.94. The smallest absolute Gasteiger partial charge is 0.287 e. The molecule has 0 radical (unpaired) electrons. The van der Waals surface area contributed by atoms with Gasteiger partial charge in [-0.2, -0.15) is 5.10 Å². The number of amides is 2. The maximum Gasteiger partial charge on any atom is 0.287 e. The quantitative estimate of drug-likeness (QED) is 0.580. The molecule has 3 aromatic rings. The minimum Gasteiger partial charge on any atom is -0.497 e. The summed E-state index contributed by atoms with van der Waals surface area (Å²) in [6.45, 7) is 0. The second kappa shape index (κ2) is 7.75. The number of hydrazine groups is 1. The number of methoxy groups -OCH3 is 1. The molecule has 1 aliphatic carbocycles. The van der Waals surface area contributed by atoms with E-state index in [1.807, 2.05) is 12.1 Å². The lowest BCUT2D eigenvalue weighted by molar-refractivity contribution is -0.123. The van der Waals surface area contributed by atoms with E-state index < -0.39 is 5.91 Å². The number of halogens is 1. The Balaban J connectivity index is 1.33. The van der Waals surface area contributed by atoms with E-state index in [4.69, 9.17) is 4.74 Å². The van der Waals surface area contributed by atoms with Crippen molar-refractivity contribution in [2.24, 2.45) is 5.92 Å². The minimum atomic E-state index is -0.520. The number of rotatable bonds is 5. The van der Waals surface area contributed by atoms with Crippen LogP contribution >= 0.6 is 0 Å². The largest absolute Gasteiger partial charge is 0.497 e.